The van der Waals surface area contributed by atoms with Crippen LogP contribution in [0.1, 0.15) is 25.7 Å². The molecule has 9 heteroatoms. The van der Waals surface area contributed by atoms with Crippen molar-refractivity contribution in [3.05, 3.63) is 54.6 Å². The molecule has 0 aromatic heterocycles. The predicted molar refractivity (Wildman–Crippen MR) is 103 cm³/mol. The SMILES string of the molecule is O=C(O)CCN(C1(C(=O)O)CCC1)S(=O)(=O)c1ccc(Oc2ccccc2)cc1. The number of nitrogens with zero attached hydrogens (tertiary/aromatic N) is 1. The second-order valence-corrected chi connectivity index (χ2v) is 8.66. The molecule has 29 heavy (non-hydrogen) atoms. The van der Waals surface area contributed by atoms with Crippen LogP contribution in [0.2, 0.25) is 0 Å². The lowest BCUT2D eigenvalue weighted by molar-refractivity contribution is -0.154. The molecule has 0 bridgehead atoms. The van der Waals surface area contributed by atoms with Gasteiger partial charge in [0.05, 0.1) is 11.3 Å². The summed E-state index contributed by atoms with van der Waals surface area (Å²) in [6.07, 6.45) is 0.380. The number of carboxylic acids is 2. The summed E-state index contributed by atoms with van der Waals surface area (Å²) < 4.78 is 32.8. The molecule has 0 heterocycles. The van der Waals surface area contributed by atoms with Crippen LogP contribution in [0.15, 0.2) is 59.5 Å². The van der Waals surface area contributed by atoms with Crippen LogP contribution in [0.4, 0.5) is 0 Å². The molecule has 1 aliphatic carbocycles. The maximum Gasteiger partial charge on any atom is 0.325 e. The Bertz CT molecular complexity index is 983. The molecule has 0 radical (unpaired) electrons. The Labute approximate surface area is 168 Å². The minimum atomic E-state index is -4.22. The molecule has 0 spiro atoms. The molecule has 154 valence electrons. The average molecular weight is 419 g/mol. The highest BCUT2D eigenvalue weighted by atomic mass is 32.2. The summed E-state index contributed by atoms with van der Waals surface area (Å²) in [6.45, 7) is -0.410. The van der Waals surface area contributed by atoms with Gasteiger partial charge in [-0.05, 0) is 55.7 Å². The molecule has 1 fully saturated rings. The van der Waals surface area contributed by atoms with Crippen LogP contribution in [0.5, 0.6) is 11.5 Å². The van der Waals surface area contributed by atoms with E-state index in [0.29, 0.717) is 17.9 Å². The van der Waals surface area contributed by atoms with Crippen molar-refractivity contribution in [2.24, 2.45) is 0 Å². The van der Waals surface area contributed by atoms with Crippen molar-refractivity contribution >= 4 is 22.0 Å². The van der Waals surface area contributed by atoms with Crippen molar-refractivity contribution in [2.75, 3.05) is 6.54 Å². The zero-order valence-corrected chi connectivity index (χ0v) is 16.3. The molecule has 0 amide bonds. The van der Waals surface area contributed by atoms with Crippen LogP contribution >= 0.6 is 0 Å². The molecule has 1 saturated carbocycles. The minimum absolute atomic E-state index is 0.115. The van der Waals surface area contributed by atoms with E-state index in [9.17, 15) is 23.1 Å². The van der Waals surface area contributed by atoms with Gasteiger partial charge in [-0.2, -0.15) is 4.31 Å². The number of hydrogen-bond donors (Lipinski definition) is 2. The van der Waals surface area contributed by atoms with Gasteiger partial charge in [-0.25, -0.2) is 8.42 Å². The van der Waals surface area contributed by atoms with E-state index in [4.69, 9.17) is 9.84 Å². The number of benzene rings is 2. The van der Waals surface area contributed by atoms with Crippen molar-refractivity contribution < 1.29 is 33.0 Å². The number of sulfonamides is 1. The first-order valence-electron chi connectivity index (χ1n) is 9.07. The lowest BCUT2D eigenvalue weighted by Gasteiger charge is -2.45. The second kappa shape index (κ2) is 8.22. The van der Waals surface area contributed by atoms with E-state index < -0.39 is 40.5 Å². The summed E-state index contributed by atoms with van der Waals surface area (Å²) in [7, 11) is -4.22. The van der Waals surface area contributed by atoms with E-state index in [0.717, 1.165) is 4.31 Å². The number of rotatable bonds is 9. The second-order valence-electron chi connectivity index (χ2n) is 6.80. The molecule has 2 aromatic rings. The first kappa shape index (κ1) is 20.8. The Morgan fingerprint density at radius 1 is 0.966 bits per heavy atom. The highest BCUT2D eigenvalue weighted by molar-refractivity contribution is 7.89. The molecular weight excluding hydrogens is 398 g/mol. The third-order valence-electron chi connectivity index (χ3n) is 4.98. The standard InChI is InChI=1S/C20H21NO7S/c22-18(23)11-14-21(20(19(24)25)12-4-13-20)29(26,27)17-9-7-16(8-10-17)28-15-5-2-1-3-6-15/h1-3,5-10H,4,11-14H2,(H,22,23)(H,24,25). The fraction of sp³-hybridized carbons (Fsp3) is 0.300. The molecule has 0 saturated heterocycles. The van der Waals surface area contributed by atoms with Crippen LogP contribution in [-0.2, 0) is 19.6 Å². The van der Waals surface area contributed by atoms with Gasteiger partial charge in [-0.15, -0.1) is 0 Å². The number of aliphatic carboxylic acids is 2. The Morgan fingerprint density at radius 3 is 2.03 bits per heavy atom. The molecule has 2 N–H and O–H groups in total. The van der Waals surface area contributed by atoms with Gasteiger partial charge in [-0.3, -0.25) is 9.59 Å². The lowest BCUT2D eigenvalue weighted by Crippen LogP contribution is -2.61. The molecule has 1 aliphatic rings. The van der Waals surface area contributed by atoms with Crippen LogP contribution in [-0.4, -0.2) is 47.0 Å². The Hall–Kier alpha value is -2.91. The first-order chi connectivity index (χ1) is 13.8. The van der Waals surface area contributed by atoms with E-state index in [2.05, 4.69) is 0 Å². The zero-order valence-electron chi connectivity index (χ0n) is 15.5. The molecule has 2 aromatic carbocycles. The minimum Gasteiger partial charge on any atom is -0.481 e. The van der Waals surface area contributed by atoms with Crippen LogP contribution < -0.4 is 4.74 Å². The van der Waals surface area contributed by atoms with Gasteiger partial charge < -0.3 is 14.9 Å². The van der Waals surface area contributed by atoms with Gasteiger partial charge in [-0.1, -0.05) is 18.2 Å². The molecule has 0 unspecified atom stereocenters. The number of carboxylic acid groups (broad SMARTS) is 2. The smallest absolute Gasteiger partial charge is 0.325 e. The van der Waals surface area contributed by atoms with Crippen LogP contribution in [0.3, 0.4) is 0 Å². The van der Waals surface area contributed by atoms with Crippen molar-refractivity contribution in [3.63, 3.8) is 0 Å². The van der Waals surface area contributed by atoms with E-state index in [-0.39, 0.29) is 17.7 Å². The molecule has 3 rings (SSSR count). The van der Waals surface area contributed by atoms with Crippen molar-refractivity contribution in [3.8, 4) is 11.5 Å². The Kier molecular flexibility index (Phi) is 5.90. The topological polar surface area (TPSA) is 121 Å². The van der Waals surface area contributed by atoms with Gasteiger partial charge in [0.1, 0.15) is 17.0 Å². The normalized spacial score (nSPS) is 15.5. The van der Waals surface area contributed by atoms with Gasteiger partial charge in [0.15, 0.2) is 0 Å². The fourth-order valence-electron chi connectivity index (χ4n) is 3.27. The van der Waals surface area contributed by atoms with Gasteiger partial charge in [0, 0.05) is 6.54 Å². The number of hydrogen-bond acceptors (Lipinski definition) is 5. The largest absolute Gasteiger partial charge is 0.481 e. The van der Waals surface area contributed by atoms with Gasteiger partial charge in [0.25, 0.3) is 0 Å². The van der Waals surface area contributed by atoms with E-state index in [1.54, 1.807) is 24.3 Å². The third kappa shape index (κ3) is 4.25. The quantitative estimate of drug-likeness (QED) is 0.641. The third-order valence-corrected chi connectivity index (χ3v) is 6.96. The van der Waals surface area contributed by atoms with Crippen LogP contribution in [0.25, 0.3) is 0 Å². The van der Waals surface area contributed by atoms with Crippen molar-refractivity contribution in [2.45, 2.75) is 36.1 Å². The fourth-order valence-corrected chi connectivity index (χ4v) is 5.06. The molecular formula is C20H21NO7S. The average Bonchev–Trinajstić information content (AvgIpc) is 2.64. The van der Waals surface area contributed by atoms with Gasteiger partial charge >= 0.3 is 11.9 Å². The van der Waals surface area contributed by atoms with Crippen LogP contribution in [0, 0.1) is 0 Å². The van der Waals surface area contributed by atoms with Crippen molar-refractivity contribution in [1.29, 1.82) is 0 Å². The Morgan fingerprint density at radius 2 is 1.55 bits per heavy atom. The van der Waals surface area contributed by atoms with E-state index in [1.807, 2.05) is 6.07 Å². The summed E-state index contributed by atoms with van der Waals surface area (Å²) >= 11 is 0. The van der Waals surface area contributed by atoms with E-state index >= 15 is 0 Å². The van der Waals surface area contributed by atoms with Crippen molar-refractivity contribution in [1.82, 2.24) is 4.31 Å². The highest BCUT2D eigenvalue weighted by Gasteiger charge is 2.54. The Balaban J connectivity index is 1.89. The van der Waals surface area contributed by atoms with E-state index in [1.165, 1.54) is 24.3 Å². The number of para-hydroxylation sites is 1. The maximum atomic E-state index is 13.2. The predicted octanol–water partition coefficient (Wildman–Crippen LogP) is 2.95. The summed E-state index contributed by atoms with van der Waals surface area (Å²) in [5.41, 5.74) is -1.60. The first-order valence-corrected chi connectivity index (χ1v) is 10.5. The maximum absolute atomic E-state index is 13.2. The number of carbonyl (C=O) groups is 2. The highest BCUT2D eigenvalue weighted by Crippen LogP contribution is 2.41. The summed E-state index contributed by atoms with van der Waals surface area (Å²) in [4.78, 5) is 22.7. The summed E-state index contributed by atoms with van der Waals surface area (Å²) in [5.74, 6) is -1.45. The van der Waals surface area contributed by atoms with Gasteiger partial charge in [0.2, 0.25) is 10.0 Å². The molecule has 8 nitrogen and oxygen atoms in total. The number of ether oxygens (including phenoxy) is 1. The summed E-state index contributed by atoms with van der Waals surface area (Å²) in [5, 5.41) is 18.6. The monoisotopic (exact) mass is 419 g/mol. The molecule has 0 atom stereocenters. The lowest BCUT2D eigenvalue weighted by atomic mass is 9.76. The molecule has 0 aliphatic heterocycles. The zero-order chi connectivity index (χ0) is 21.1. The summed E-state index contributed by atoms with van der Waals surface area (Å²) in [6, 6.07) is 14.6.